The summed E-state index contributed by atoms with van der Waals surface area (Å²) in [5, 5.41) is 3.03. The topological polar surface area (TPSA) is 68.0 Å². The van der Waals surface area contributed by atoms with Crippen LogP contribution in [0.15, 0.2) is 18.5 Å². The molecule has 0 spiro atoms. The van der Waals surface area contributed by atoms with Crippen molar-refractivity contribution < 1.29 is 4.79 Å². The van der Waals surface area contributed by atoms with Crippen molar-refractivity contribution in [3.63, 3.8) is 0 Å². The molecule has 0 atom stereocenters. The van der Waals surface area contributed by atoms with Gasteiger partial charge in [0.15, 0.2) is 0 Å². The molecule has 0 bridgehead atoms. The van der Waals surface area contributed by atoms with E-state index in [0.29, 0.717) is 11.5 Å². The van der Waals surface area contributed by atoms with Crippen LogP contribution in [-0.2, 0) is 11.3 Å². The van der Waals surface area contributed by atoms with Gasteiger partial charge in [0, 0.05) is 18.9 Å². The van der Waals surface area contributed by atoms with Crippen LogP contribution in [0.2, 0.25) is 0 Å². The van der Waals surface area contributed by atoms with E-state index in [4.69, 9.17) is 18.0 Å². The van der Waals surface area contributed by atoms with Crippen LogP contribution in [0.3, 0.4) is 0 Å². The predicted octanol–water partition coefficient (Wildman–Crippen LogP) is 2.63. The van der Waals surface area contributed by atoms with Crippen molar-refractivity contribution in [2.75, 3.05) is 0 Å². The fourth-order valence-electron chi connectivity index (χ4n) is 2.96. The van der Waals surface area contributed by atoms with E-state index in [1.54, 1.807) is 12.4 Å². The van der Waals surface area contributed by atoms with Crippen molar-refractivity contribution in [2.45, 2.75) is 52.0 Å². The molecule has 1 saturated carbocycles. The molecule has 1 aliphatic rings. The van der Waals surface area contributed by atoms with Gasteiger partial charge in [0.25, 0.3) is 0 Å². The summed E-state index contributed by atoms with van der Waals surface area (Å²) in [5.41, 5.74) is 7.42. The molecule has 0 aromatic carbocycles. The van der Waals surface area contributed by atoms with E-state index in [1.807, 2.05) is 13.0 Å². The van der Waals surface area contributed by atoms with E-state index in [2.05, 4.69) is 10.3 Å². The van der Waals surface area contributed by atoms with E-state index in [1.165, 1.54) is 0 Å². The molecular formula is C16H23N3OS. The fraction of sp³-hybridized carbons (Fsp3) is 0.562. The molecule has 1 amide bonds. The number of aryl methyl sites for hydroxylation is 1. The fourth-order valence-corrected chi connectivity index (χ4v) is 3.26. The molecular weight excluding hydrogens is 282 g/mol. The highest BCUT2D eigenvalue weighted by atomic mass is 32.1. The van der Waals surface area contributed by atoms with Crippen molar-refractivity contribution >= 4 is 23.1 Å². The monoisotopic (exact) mass is 305 g/mol. The molecule has 0 saturated heterocycles. The van der Waals surface area contributed by atoms with Crippen LogP contribution in [0.4, 0.5) is 0 Å². The summed E-state index contributed by atoms with van der Waals surface area (Å²) in [6, 6.07) is 1.93. The number of rotatable bonds is 4. The maximum Gasteiger partial charge on any atom is 0.233 e. The zero-order chi connectivity index (χ0) is 15.3. The first kappa shape index (κ1) is 15.9. The van der Waals surface area contributed by atoms with Gasteiger partial charge in [-0.3, -0.25) is 9.78 Å². The Kier molecular flexibility index (Phi) is 5.28. The van der Waals surface area contributed by atoms with Crippen molar-refractivity contribution in [3.8, 4) is 0 Å². The number of nitrogens with zero attached hydrogens (tertiary/aromatic N) is 1. The molecule has 1 aromatic rings. The summed E-state index contributed by atoms with van der Waals surface area (Å²) in [6.07, 6.45) is 9.41. The number of hydrogen-bond acceptors (Lipinski definition) is 3. The van der Waals surface area contributed by atoms with Crippen molar-refractivity contribution in [3.05, 3.63) is 29.6 Å². The molecule has 2 rings (SSSR count). The normalized spacial score (nSPS) is 17.8. The van der Waals surface area contributed by atoms with E-state index in [-0.39, 0.29) is 5.91 Å². The Morgan fingerprint density at radius 1 is 1.38 bits per heavy atom. The number of hydrogen-bond donors (Lipinski definition) is 2. The second-order valence-electron chi connectivity index (χ2n) is 5.85. The van der Waals surface area contributed by atoms with Crippen molar-refractivity contribution in [2.24, 2.45) is 11.1 Å². The lowest BCUT2D eigenvalue weighted by Crippen LogP contribution is -2.48. The summed E-state index contributed by atoms with van der Waals surface area (Å²) in [6.45, 7) is 2.49. The van der Waals surface area contributed by atoms with E-state index in [0.717, 1.165) is 49.7 Å². The molecule has 5 heteroatoms. The Morgan fingerprint density at radius 2 is 2.05 bits per heavy atom. The molecule has 114 valence electrons. The van der Waals surface area contributed by atoms with Gasteiger partial charge in [-0.2, -0.15) is 0 Å². The lowest BCUT2D eigenvalue weighted by molar-refractivity contribution is -0.128. The van der Waals surface area contributed by atoms with Crippen molar-refractivity contribution in [1.29, 1.82) is 0 Å². The minimum atomic E-state index is -0.660. The molecule has 3 N–H and O–H groups in total. The average Bonchev–Trinajstić information content (AvgIpc) is 2.73. The third-order valence-corrected chi connectivity index (χ3v) is 4.83. The summed E-state index contributed by atoms with van der Waals surface area (Å²) >= 11 is 5.23. The largest absolute Gasteiger partial charge is 0.392 e. The van der Waals surface area contributed by atoms with Crippen LogP contribution < -0.4 is 11.1 Å². The molecule has 1 aliphatic carbocycles. The number of amides is 1. The molecule has 21 heavy (non-hydrogen) atoms. The highest BCUT2D eigenvalue weighted by Crippen LogP contribution is 2.35. The third-order valence-electron chi connectivity index (χ3n) is 4.44. The van der Waals surface area contributed by atoms with Gasteiger partial charge in [-0.25, -0.2) is 0 Å². The molecule has 1 heterocycles. The second-order valence-corrected chi connectivity index (χ2v) is 6.29. The number of aromatic nitrogens is 1. The van der Waals surface area contributed by atoms with Gasteiger partial charge in [-0.1, -0.05) is 37.9 Å². The van der Waals surface area contributed by atoms with Crippen LogP contribution in [0, 0.1) is 12.3 Å². The van der Waals surface area contributed by atoms with Gasteiger partial charge in [0.05, 0.1) is 10.4 Å². The maximum absolute atomic E-state index is 12.7. The number of nitrogens with two attached hydrogens (primary N) is 1. The molecule has 1 fully saturated rings. The molecule has 4 nitrogen and oxygen atoms in total. The number of thiocarbonyl (C=S) groups is 1. The van der Waals surface area contributed by atoms with Gasteiger partial charge in [0.2, 0.25) is 5.91 Å². The predicted molar refractivity (Wildman–Crippen MR) is 87.7 cm³/mol. The van der Waals surface area contributed by atoms with Crippen LogP contribution >= 0.6 is 12.2 Å². The lowest BCUT2D eigenvalue weighted by Gasteiger charge is -2.30. The van der Waals surface area contributed by atoms with Crippen LogP contribution in [0.5, 0.6) is 0 Å². The van der Waals surface area contributed by atoms with Gasteiger partial charge in [0.1, 0.15) is 0 Å². The zero-order valence-electron chi connectivity index (χ0n) is 12.5. The lowest BCUT2D eigenvalue weighted by atomic mass is 9.79. The van der Waals surface area contributed by atoms with E-state index >= 15 is 0 Å². The quantitative estimate of drug-likeness (QED) is 0.663. The smallest absolute Gasteiger partial charge is 0.233 e. The number of carbonyl (C=O) groups excluding carboxylic acids is 1. The van der Waals surface area contributed by atoms with Gasteiger partial charge in [-0.05, 0) is 37.0 Å². The number of pyridine rings is 1. The minimum Gasteiger partial charge on any atom is -0.392 e. The van der Waals surface area contributed by atoms with Crippen molar-refractivity contribution in [1.82, 2.24) is 10.3 Å². The van der Waals surface area contributed by atoms with Crippen LogP contribution in [-0.4, -0.2) is 15.9 Å². The molecule has 0 aliphatic heterocycles. The molecule has 0 radical (unpaired) electrons. The first-order valence-corrected chi connectivity index (χ1v) is 7.95. The standard InChI is InChI=1S/C16H23N3OS/c1-12-10-18-9-6-13(12)11-19-15(20)16(14(17)21)7-4-2-3-5-8-16/h6,9-10H,2-5,7-8,11H2,1H3,(H2,17,21)(H,19,20). The van der Waals surface area contributed by atoms with E-state index < -0.39 is 5.41 Å². The summed E-state index contributed by atoms with van der Waals surface area (Å²) in [7, 11) is 0. The minimum absolute atomic E-state index is 0.0203. The Bertz CT molecular complexity index is 522. The highest BCUT2D eigenvalue weighted by Gasteiger charge is 2.41. The maximum atomic E-state index is 12.7. The van der Waals surface area contributed by atoms with Gasteiger partial charge >= 0.3 is 0 Å². The molecule has 0 unspecified atom stereocenters. The summed E-state index contributed by atoms with van der Waals surface area (Å²) in [4.78, 5) is 17.1. The van der Waals surface area contributed by atoms with Gasteiger partial charge < -0.3 is 11.1 Å². The van der Waals surface area contributed by atoms with Crippen LogP contribution in [0.25, 0.3) is 0 Å². The Balaban J connectivity index is 2.09. The Morgan fingerprint density at radius 3 is 2.62 bits per heavy atom. The average molecular weight is 305 g/mol. The summed E-state index contributed by atoms with van der Waals surface area (Å²) < 4.78 is 0. The first-order chi connectivity index (χ1) is 10.1. The number of nitrogens with one attached hydrogen (secondary N) is 1. The number of carbonyl (C=O) groups is 1. The Hall–Kier alpha value is -1.49. The Labute approximate surface area is 131 Å². The SMILES string of the molecule is Cc1cnccc1CNC(=O)C1(C(N)=S)CCCCCC1. The first-order valence-electron chi connectivity index (χ1n) is 7.54. The zero-order valence-corrected chi connectivity index (χ0v) is 13.3. The summed E-state index contributed by atoms with van der Waals surface area (Å²) in [5.74, 6) is -0.0203. The third kappa shape index (κ3) is 3.59. The second kappa shape index (κ2) is 6.98. The highest BCUT2D eigenvalue weighted by molar-refractivity contribution is 7.80. The molecule has 1 aromatic heterocycles. The van der Waals surface area contributed by atoms with Crippen LogP contribution in [0.1, 0.15) is 49.7 Å². The van der Waals surface area contributed by atoms with Gasteiger partial charge in [-0.15, -0.1) is 0 Å². The van der Waals surface area contributed by atoms with E-state index in [9.17, 15) is 4.79 Å².